The van der Waals surface area contributed by atoms with E-state index in [1.807, 2.05) is 6.07 Å². The van der Waals surface area contributed by atoms with Gasteiger partial charge in [-0.3, -0.25) is 0 Å². The van der Waals surface area contributed by atoms with E-state index in [-0.39, 0.29) is 0 Å². The van der Waals surface area contributed by atoms with Crippen molar-refractivity contribution in [1.29, 1.82) is 5.26 Å². The van der Waals surface area contributed by atoms with E-state index in [0.717, 1.165) is 12.1 Å². The average molecular weight is 291 g/mol. The van der Waals surface area contributed by atoms with Crippen LogP contribution in [0.3, 0.4) is 0 Å². The number of benzene rings is 1. The van der Waals surface area contributed by atoms with Gasteiger partial charge < -0.3 is 5.32 Å². The monoisotopic (exact) mass is 291 g/mol. The molecule has 1 aromatic carbocycles. The highest BCUT2D eigenvalue weighted by Crippen LogP contribution is 2.29. The quantitative estimate of drug-likeness (QED) is 0.933. The molecule has 0 radical (unpaired) electrons. The Balaban J connectivity index is 2.07. The number of hydrogen-bond donors (Lipinski definition) is 1. The molecule has 0 aliphatic heterocycles. The van der Waals surface area contributed by atoms with Crippen LogP contribution in [0, 0.1) is 18.3 Å². The second-order valence-corrected chi connectivity index (χ2v) is 4.54. The molecule has 3 nitrogen and oxygen atoms in total. The lowest BCUT2D eigenvalue weighted by atomic mass is 10.1. The molecule has 2 aromatic rings. The zero-order valence-corrected chi connectivity index (χ0v) is 11.2. The zero-order valence-electron chi connectivity index (χ0n) is 11.2. The van der Waals surface area contributed by atoms with Crippen LogP contribution in [0.15, 0.2) is 36.4 Å². The summed E-state index contributed by atoms with van der Waals surface area (Å²) in [6.45, 7) is 2.10. The maximum absolute atomic E-state index is 12.4. The minimum absolute atomic E-state index is 0.333. The topological polar surface area (TPSA) is 48.7 Å². The van der Waals surface area contributed by atoms with Crippen molar-refractivity contribution >= 4 is 5.82 Å². The molecule has 0 aliphatic rings. The van der Waals surface area contributed by atoms with E-state index in [1.165, 1.54) is 12.1 Å². The van der Waals surface area contributed by atoms with Crippen molar-refractivity contribution in [3.63, 3.8) is 0 Å². The maximum Gasteiger partial charge on any atom is 0.416 e. The summed E-state index contributed by atoms with van der Waals surface area (Å²) in [6, 6.07) is 10.2. The van der Waals surface area contributed by atoms with Crippen molar-refractivity contribution in [2.75, 3.05) is 5.32 Å². The number of halogens is 3. The molecule has 0 amide bonds. The van der Waals surface area contributed by atoms with Crippen molar-refractivity contribution in [3.8, 4) is 6.07 Å². The number of nitriles is 1. The van der Waals surface area contributed by atoms with E-state index < -0.39 is 11.7 Å². The number of nitrogens with zero attached hydrogens (tertiary/aromatic N) is 2. The molecule has 0 saturated carbocycles. The smallest absolute Gasteiger partial charge is 0.366 e. The first-order chi connectivity index (χ1) is 9.88. The number of anilines is 1. The first-order valence-corrected chi connectivity index (χ1v) is 6.17. The van der Waals surface area contributed by atoms with Crippen molar-refractivity contribution in [2.24, 2.45) is 0 Å². The summed E-state index contributed by atoms with van der Waals surface area (Å²) in [5.41, 5.74) is 1.21. The standard InChI is InChI=1S/C15H12F3N3/c1-10-6-12(8-19)7-14(21-10)20-9-11-2-4-13(5-3-11)15(16,17)18/h2-7H,9H2,1H3,(H,20,21). The number of nitrogens with one attached hydrogen (secondary N) is 1. The molecule has 0 bridgehead atoms. The fourth-order valence-electron chi connectivity index (χ4n) is 1.83. The van der Waals surface area contributed by atoms with Gasteiger partial charge in [0.1, 0.15) is 5.82 Å². The van der Waals surface area contributed by atoms with Crippen molar-refractivity contribution in [1.82, 2.24) is 4.98 Å². The van der Waals surface area contributed by atoms with Crippen LogP contribution >= 0.6 is 0 Å². The van der Waals surface area contributed by atoms with E-state index in [9.17, 15) is 13.2 Å². The molecule has 0 unspecified atom stereocenters. The van der Waals surface area contributed by atoms with Gasteiger partial charge in [-0.25, -0.2) is 4.98 Å². The molecule has 0 aliphatic carbocycles. The van der Waals surface area contributed by atoms with Gasteiger partial charge in [0, 0.05) is 12.2 Å². The third-order valence-electron chi connectivity index (χ3n) is 2.84. The van der Waals surface area contributed by atoms with Gasteiger partial charge in [0.2, 0.25) is 0 Å². The number of alkyl halides is 3. The minimum atomic E-state index is -4.33. The van der Waals surface area contributed by atoms with Gasteiger partial charge in [-0.05, 0) is 36.8 Å². The average Bonchev–Trinajstić information content (AvgIpc) is 2.44. The summed E-state index contributed by atoms with van der Waals surface area (Å²) in [6.07, 6.45) is -4.33. The zero-order chi connectivity index (χ0) is 15.5. The Hall–Kier alpha value is -2.55. The predicted molar refractivity (Wildman–Crippen MR) is 72.5 cm³/mol. The van der Waals surface area contributed by atoms with E-state index in [4.69, 9.17) is 5.26 Å². The van der Waals surface area contributed by atoms with Crippen molar-refractivity contribution in [3.05, 3.63) is 58.8 Å². The Morgan fingerprint density at radius 2 is 1.86 bits per heavy atom. The normalized spacial score (nSPS) is 11.0. The van der Waals surface area contributed by atoms with E-state index >= 15 is 0 Å². The summed E-state index contributed by atoms with van der Waals surface area (Å²) in [7, 11) is 0. The van der Waals surface area contributed by atoms with Gasteiger partial charge in [-0.15, -0.1) is 0 Å². The van der Waals surface area contributed by atoms with Crippen molar-refractivity contribution < 1.29 is 13.2 Å². The van der Waals surface area contributed by atoms with E-state index in [2.05, 4.69) is 10.3 Å². The molecule has 0 atom stereocenters. The molecular formula is C15H12F3N3. The van der Waals surface area contributed by atoms with Gasteiger partial charge in [0.05, 0.1) is 17.2 Å². The molecular weight excluding hydrogens is 279 g/mol. The molecule has 6 heteroatoms. The molecule has 1 N–H and O–H groups in total. The lowest BCUT2D eigenvalue weighted by Gasteiger charge is -2.09. The van der Waals surface area contributed by atoms with Gasteiger partial charge in [-0.1, -0.05) is 12.1 Å². The van der Waals surface area contributed by atoms with Gasteiger partial charge >= 0.3 is 6.18 Å². The summed E-state index contributed by atoms with van der Waals surface area (Å²) >= 11 is 0. The summed E-state index contributed by atoms with van der Waals surface area (Å²) in [4.78, 5) is 4.21. The first-order valence-electron chi connectivity index (χ1n) is 6.17. The van der Waals surface area contributed by atoms with Crippen molar-refractivity contribution in [2.45, 2.75) is 19.6 Å². The Morgan fingerprint density at radius 3 is 2.43 bits per heavy atom. The molecule has 21 heavy (non-hydrogen) atoms. The fourth-order valence-corrected chi connectivity index (χ4v) is 1.83. The summed E-state index contributed by atoms with van der Waals surface area (Å²) in [5.74, 6) is 0.520. The number of aromatic nitrogens is 1. The number of hydrogen-bond acceptors (Lipinski definition) is 3. The highest BCUT2D eigenvalue weighted by molar-refractivity contribution is 5.44. The van der Waals surface area contributed by atoms with Crippen LogP contribution in [0.4, 0.5) is 19.0 Å². The van der Waals surface area contributed by atoms with Crippen LogP contribution in [-0.4, -0.2) is 4.98 Å². The lowest BCUT2D eigenvalue weighted by Crippen LogP contribution is -2.06. The number of rotatable bonds is 3. The van der Waals surface area contributed by atoms with Gasteiger partial charge in [-0.2, -0.15) is 18.4 Å². The minimum Gasteiger partial charge on any atom is -0.366 e. The summed E-state index contributed by atoms with van der Waals surface area (Å²) < 4.78 is 37.3. The van der Waals surface area contributed by atoms with Crippen LogP contribution in [0.5, 0.6) is 0 Å². The largest absolute Gasteiger partial charge is 0.416 e. The molecule has 1 aromatic heterocycles. The van der Waals surface area contributed by atoms with Crippen LogP contribution in [0.25, 0.3) is 0 Å². The van der Waals surface area contributed by atoms with Crippen LogP contribution in [0.2, 0.25) is 0 Å². The molecule has 2 rings (SSSR count). The number of pyridine rings is 1. The SMILES string of the molecule is Cc1cc(C#N)cc(NCc2ccc(C(F)(F)F)cc2)n1. The maximum atomic E-state index is 12.4. The number of aryl methyl sites for hydroxylation is 1. The second-order valence-electron chi connectivity index (χ2n) is 4.54. The Labute approximate surface area is 120 Å². The Bertz CT molecular complexity index is 670. The lowest BCUT2D eigenvalue weighted by molar-refractivity contribution is -0.137. The summed E-state index contributed by atoms with van der Waals surface area (Å²) in [5, 5.41) is 11.9. The third-order valence-corrected chi connectivity index (χ3v) is 2.84. The van der Waals surface area contributed by atoms with E-state index in [0.29, 0.717) is 29.2 Å². The first kappa shape index (κ1) is 14.9. The highest BCUT2D eigenvalue weighted by atomic mass is 19.4. The highest BCUT2D eigenvalue weighted by Gasteiger charge is 2.29. The van der Waals surface area contributed by atoms with Crippen LogP contribution < -0.4 is 5.32 Å². The molecule has 0 saturated heterocycles. The second kappa shape index (κ2) is 5.83. The molecule has 0 spiro atoms. The van der Waals surface area contributed by atoms with Crippen LogP contribution in [-0.2, 0) is 12.7 Å². The van der Waals surface area contributed by atoms with Gasteiger partial charge in [0.25, 0.3) is 0 Å². The molecule has 0 fully saturated rings. The van der Waals surface area contributed by atoms with E-state index in [1.54, 1.807) is 19.1 Å². The Morgan fingerprint density at radius 1 is 1.19 bits per heavy atom. The predicted octanol–water partition coefficient (Wildman–Crippen LogP) is 3.89. The third kappa shape index (κ3) is 3.96. The van der Waals surface area contributed by atoms with Gasteiger partial charge in [0.15, 0.2) is 0 Å². The Kier molecular flexibility index (Phi) is 4.13. The fraction of sp³-hybridized carbons (Fsp3) is 0.200. The molecule has 1 heterocycles. The molecule has 108 valence electrons. The van der Waals surface area contributed by atoms with Crippen LogP contribution in [0.1, 0.15) is 22.4 Å².